The van der Waals surface area contributed by atoms with Crippen molar-refractivity contribution in [2.45, 2.75) is 19.8 Å². The molecule has 0 N–H and O–H groups in total. The van der Waals surface area contributed by atoms with Crippen molar-refractivity contribution in [1.29, 1.82) is 0 Å². The average Bonchev–Trinajstić information content (AvgIpc) is 3.12. The van der Waals surface area contributed by atoms with E-state index in [4.69, 9.17) is 9.47 Å². The summed E-state index contributed by atoms with van der Waals surface area (Å²) in [6, 6.07) is 7.84. The highest BCUT2D eigenvalue weighted by atomic mass is 16.5. The van der Waals surface area contributed by atoms with Crippen molar-refractivity contribution in [3.05, 3.63) is 29.8 Å². The van der Waals surface area contributed by atoms with Gasteiger partial charge in [-0.3, -0.25) is 9.59 Å². The minimum absolute atomic E-state index is 0.0110. The molecule has 0 spiro atoms. The molecule has 26 heavy (non-hydrogen) atoms. The number of morpholine rings is 1. The van der Waals surface area contributed by atoms with Crippen molar-refractivity contribution in [2.75, 3.05) is 46.5 Å². The maximum absolute atomic E-state index is 13.2. The van der Waals surface area contributed by atoms with Crippen LogP contribution in [-0.2, 0) is 14.3 Å². The first kappa shape index (κ1) is 18.7. The second-order valence-electron chi connectivity index (χ2n) is 7.33. The number of nitrogens with zero attached hydrogens (tertiary/aromatic N) is 2. The Morgan fingerprint density at radius 2 is 1.88 bits per heavy atom. The van der Waals surface area contributed by atoms with Crippen LogP contribution in [0.2, 0.25) is 0 Å². The van der Waals surface area contributed by atoms with Crippen LogP contribution in [0.1, 0.15) is 25.3 Å². The van der Waals surface area contributed by atoms with E-state index >= 15 is 0 Å². The summed E-state index contributed by atoms with van der Waals surface area (Å²) >= 11 is 0. The van der Waals surface area contributed by atoms with Crippen molar-refractivity contribution < 1.29 is 19.1 Å². The maximum atomic E-state index is 13.2. The maximum Gasteiger partial charge on any atom is 0.228 e. The number of hydrogen-bond acceptors (Lipinski definition) is 4. The number of likely N-dealkylation sites (tertiary alicyclic amines) is 1. The van der Waals surface area contributed by atoms with Crippen molar-refractivity contribution in [2.24, 2.45) is 11.8 Å². The summed E-state index contributed by atoms with van der Waals surface area (Å²) < 4.78 is 10.7. The van der Waals surface area contributed by atoms with E-state index in [0.717, 1.165) is 11.3 Å². The molecule has 2 aliphatic rings. The fourth-order valence-corrected chi connectivity index (χ4v) is 3.83. The van der Waals surface area contributed by atoms with Crippen LogP contribution in [0.15, 0.2) is 24.3 Å². The van der Waals surface area contributed by atoms with E-state index in [2.05, 4.69) is 0 Å². The van der Waals surface area contributed by atoms with Crippen LogP contribution in [0.3, 0.4) is 0 Å². The first-order chi connectivity index (χ1) is 12.5. The molecule has 1 aromatic rings. The summed E-state index contributed by atoms with van der Waals surface area (Å²) in [6.07, 6.45) is 0. The molecule has 0 saturated carbocycles. The Kier molecular flexibility index (Phi) is 5.81. The lowest BCUT2D eigenvalue weighted by Gasteiger charge is -2.31. The molecule has 0 unspecified atom stereocenters. The zero-order chi connectivity index (χ0) is 18.7. The highest BCUT2D eigenvalue weighted by Gasteiger charge is 2.42. The Hall–Kier alpha value is -2.08. The number of ether oxygens (including phenoxy) is 2. The number of benzene rings is 1. The molecule has 2 aliphatic heterocycles. The molecule has 142 valence electrons. The summed E-state index contributed by atoms with van der Waals surface area (Å²) in [5.41, 5.74) is 1.05. The Balaban J connectivity index is 1.86. The van der Waals surface area contributed by atoms with Crippen molar-refractivity contribution >= 4 is 11.8 Å². The van der Waals surface area contributed by atoms with Gasteiger partial charge in [0.1, 0.15) is 5.75 Å². The zero-order valence-corrected chi connectivity index (χ0v) is 15.8. The molecule has 1 aromatic carbocycles. The molecule has 3 rings (SSSR count). The Labute approximate surface area is 155 Å². The first-order valence-corrected chi connectivity index (χ1v) is 9.30. The van der Waals surface area contributed by atoms with E-state index in [1.807, 2.05) is 47.9 Å². The van der Waals surface area contributed by atoms with Gasteiger partial charge in [0.05, 0.1) is 26.2 Å². The van der Waals surface area contributed by atoms with Crippen LogP contribution in [-0.4, -0.2) is 68.1 Å². The molecule has 0 aliphatic carbocycles. The third kappa shape index (κ3) is 3.85. The average molecular weight is 360 g/mol. The number of hydrogen-bond donors (Lipinski definition) is 0. The lowest BCUT2D eigenvalue weighted by Crippen LogP contribution is -2.45. The largest absolute Gasteiger partial charge is 0.497 e. The van der Waals surface area contributed by atoms with Crippen molar-refractivity contribution in [3.8, 4) is 5.75 Å². The molecule has 0 radical (unpaired) electrons. The number of methoxy groups -OCH3 is 1. The third-order valence-corrected chi connectivity index (χ3v) is 5.29. The van der Waals surface area contributed by atoms with Gasteiger partial charge in [0, 0.05) is 38.0 Å². The number of amides is 2. The molecule has 6 heteroatoms. The van der Waals surface area contributed by atoms with Gasteiger partial charge in [0.25, 0.3) is 0 Å². The van der Waals surface area contributed by atoms with Gasteiger partial charge >= 0.3 is 0 Å². The molecule has 6 nitrogen and oxygen atoms in total. The lowest BCUT2D eigenvalue weighted by molar-refractivity contribution is -0.140. The molecule has 2 heterocycles. The highest BCUT2D eigenvalue weighted by Crippen LogP contribution is 2.36. The van der Waals surface area contributed by atoms with E-state index in [9.17, 15) is 9.59 Å². The topological polar surface area (TPSA) is 59.1 Å². The van der Waals surface area contributed by atoms with Gasteiger partial charge in [-0.2, -0.15) is 0 Å². The van der Waals surface area contributed by atoms with E-state index in [1.165, 1.54) is 0 Å². The van der Waals surface area contributed by atoms with Crippen LogP contribution < -0.4 is 4.74 Å². The third-order valence-electron chi connectivity index (χ3n) is 5.29. The molecule has 0 bridgehead atoms. The van der Waals surface area contributed by atoms with Gasteiger partial charge in [-0.1, -0.05) is 26.0 Å². The quantitative estimate of drug-likeness (QED) is 0.821. The minimum Gasteiger partial charge on any atom is -0.497 e. The fraction of sp³-hybridized carbons (Fsp3) is 0.600. The van der Waals surface area contributed by atoms with Crippen molar-refractivity contribution in [3.63, 3.8) is 0 Å². The molecule has 2 fully saturated rings. The Morgan fingerprint density at radius 3 is 2.54 bits per heavy atom. The zero-order valence-electron chi connectivity index (χ0n) is 15.8. The first-order valence-electron chi connectivity index (χ1n) is 9.30. The van der Waals surface area contributed by atoms with E-state index in [-0.39, 0.29) is 29.6 Å². The van der Waals surface area contributed by atoms with Gasteiger partial charge in [-0.25, -0.2) is 0 Å². The van der Waals surface area contributed by atoms with Crippen LogP contribution in [0.4, 0.5) is 0 Å². The van der Waals surface area contributed by atoms with E-state index in [0.29, 0.717) is 39.4 Å². The van der Waals surface area contributed by atoms with Crippen LogP contribution in [0.25, 0.3) is 0 Å². The minimum atomic E-state index is -0.220. The molecular weight excluding hydrogens is 332 g/mol. The summed E-state index contributed by atoms with van der Waals surface area (Å²) in [5.74, 6) is 0.702. The van der Waals surface area contributed by atoms with Gasteiger partial charge in [-0.15, -0.1) is 0 Å². The standard InChI is InChI=1S/C20H28N2O4/c1-14(2)19(23)22-12-17(15-5-4-6-16(11-15)25-3)18(13-22)20(24)21-7-9-26-10-8-21/h4-6,11,14,17-18H,7-10,12-13H2,1-3H3/t17-,18-/m1/s1. The predicted molar refractivity (Wildman–Crippen MR) is 98.0 cm³/mol. The van der Waals surface area contributed by atoms with E-state index in [1.54, 1.807) is 7.11 Å². The molecule has 0 aromatic heterocycles. The Morgan fingerprint density at radius 1 is 1.15 bits per heavy atom. The highest BCUT2D eigenvalue weighted by molar-refractivity contribution is 5.84. The fourth-order valence-electron chi connectivity index (χ4n) is 3.83. The Bertz CT molecular complexity index is 655. The number of carbonyl (C=O) groups is 2. The molecule has 2 atom stereocenters. The van der Waals surface area contributed by atoms with Gasteiger partial charge in [0.15, 0.2) is 0 Å². The summed E-state index contributed by atoms with van der Waals surface area (Å²) in [7, 11) is 1.64. The van der Waals surface area contributed by atoms with Crippen molar-refractivity contribution in [1.82, 2.24) is 9.80 Å². The van der Waals surface area contributed by atoms with E-state index < -0.39 is 0 Å². The number of rotatable bonds is 4. The van der Waals surface area contributed by atoms with Gasteiger partial charge < -0.3 is 19.3 Å². The predicted octanol–water partition coefficient (Wildman–Crippen LogP) is 1.75. The smallest absolute Gasteiger partial charge is 0.228 e. The monoisotopic (exact) mass is 360 g/mol. The van der Waals surface area contributed by atoms with Crippen LogP contribution >= 0.6 is 0 Å². The van der Waals surface area contributed by atoms with Crippen LogP contribution in [0.5, 0.6) is 5.75 Å². The number of carbonyl (C=O) groups excluding carboxylic acids is 2. The molecular formula is C20H28N2O4. The van der Waals surface area contributed by atoms with Gasteiger partial charge in [-0.05, 0) is 17.7 Å². The molecule has 2 amide bonds. The normalized spacial score (nSPS) is 23.4. The summed E-state index contributed by atoms with van der Waals surface area (Å²) in [6.45, 7) is 7.27. The van der Waals surface area contributed by atoms with Crippen LogP contribution in [0, 0.1) is 11.8 Å². The van der Waals surface area contributed by atoms with Gasteiger partial charge in [0.2, 0.25) is 11.8 Å². The summed E-state index contributed by atoms with van der Waals surface area (Å²) in [5, 5.41) is 0. The summed E-state index contributed by atoms with van der Waals surface area (Å²) in [4.78, 5) is 29.4. The SMILES string of the molecule is COc1cccc([C@H]2CN(C(=O)C(C)C)C[C@H]2C(=O)N2CCOCC2)c1. The lowest BCUT2D eigenvalue weighted by atomic mass is 9.87. The second kappa shape index (κ2) is 8.08. The molecule has 2 saturated heterocycles. The second-order valence-corrected chi connectivity index (χ2v) is 7.33.